The molecule has 0 saturated carbocycles. The molecular formula is C16H22BrN3S. The average molecular weight is 368 g/mol. The molecule has 1 heterocycles. The van der Waals surface area contributed by atoms with Crippen molar-refractivity contribution in [3.63, 3.8) is 0 Å². The number of hydrogen-bond donors (Lipinski definition) is 1. The van der Waals surface area contributed by atoms with Crippen LogP contribution in [0, 0.1) is 0 Å². The van der Waals surface area contributed by atoms with Gasteiger partial charge in [-0.1, -0.05) is 22.9 Å². The average Bonchev–Trinajstić information content (AvgIpc) is 2.97. The third-order valence-electron chi connectivity index (χ3n) is 3.27. The number of hydrogen-bond acceptors (Lipinski definition) is 3. The van der Waals surface area contributed by atoms with Crippen LogP contribution in [0.3, 0.4) is 0 Å². The molecular weight excluding hydrogens is 346 g/mol. The van der Waals surface area contributed by atoms with Crippen LogP contribution >= 0.6 is 27.7 Å². The number of aromatic nitrogens is 2. The van der Waals surface area contributed by atoms with Crippen LogP contribution in [-0.2, 0) is 6.54 Å². The van der Waals surface area contributed by atoms with Gasteiger partial charge in [0.15, 0.2) is 0 Å². The first kappa shape index (κ1) is 16.6. The standard InChI is InChI=1S/C16H22BrN3S/c1-3-9-18-15(16-19-10-11-20(16)4-2)12-21-14-7-5-13(17)6-8-14/h5-8,10-11,15,18H,3-4,9,12H2,1-2H3. The van der Waals surface area contributed by atoms with E-state index in [2.05, 4.69) is 75.1 Å². The van der Waals surface area contributed by atoms with Crippen molar-refractivity contribution in [3.05, 3.63) is 47.0 Å². The fourth-order valence-corrected chi connectivity index (χ4v) is 3.37. The Morgan fingerprint density at radius 2 is 2.05 bits per heavy atom. The summed E-state index contributed by atoms with van der Waals surface area (Å²) in [5, 5.41) is 3.61. The van der Waals surface area contributed by atoms with Crippen molar-refractivity contribution in [2.45, 2.75) is 37.8 Å². The normalized spacial score (nSPS) is 12.5. The maximum absolute atomic E-state index is 4.55. The fraction of sp³-hybridized carbons (Fsp3) is 0.438. The van der Waals surface area contributed by atoms with Gasteiger partial charge in [0.1, 0.15) is 5.82 Å². The minimum atomic E-state index is 0.286. The van der Waals surface area contributed by atoms with Gasteiger partial charge in [0.2, 0.25) is 0 Å². The zero-order valence-corrected chi connectivity index (χ0v) is 15.0. The van der Waals surface area contributed by atoms with E-state index in [0.29, 0.717) is 0 Å². The molecule has 0 bridgehead atoms. The van der Waals surface area contributed by atoms with Gasteiger partial charge in [-0.2, -0.15) is 0 Å². The number of rotatable bonds is 8. The van der Waals surface area contributed by atoms with Crippen molar-refractivity contribution in [3.8, 4) is 0 Å². The Balaban J connectivity index is 2.04. The number of aryl methyl sites for hydroxylation is 1. The molecule has 0 spiro atoms. The summed E-state index contributed by atoms with van der Waals surface area (Å²) in [5.41, 5.74) is 0. The molecule has 2 aromatic rings. The Morgan fingerprint density at radius 3 is 2.71 bits per heavy atom. The number of thioether (sulfide) groups is 1. The van der Waals surface area contributed by atoms with Crippen molar-refractivity contribution >= 4 is 27.7 Å². The molecule has 1 atom stereocenters. The second-order valence-electron chi connectivity index (χ2n) is 4.84. The van der Waals surface area contributed by atoms with Gasteiger partial charge in [-0.3, -0.25) is 0 Å². The largest absolute Gasteiger partial charge is 0.334 e. The van der Waals surface area contributed by atoms with Gasteiger partial charge < -0.3 is 9.88 Å². The van der Waals surface area contributed by atoms with Crippen molar-refractivity contribution < 1.29 is 0 Å². The van der Waals surface area contributed by atoms with Crippen LogP contribution in [0.5, 0.6) is 0 Å². The van der Waals surface area contributed by atoms with Crippen LogP contribution in [0.2, 0.25) is 0 Å². The quantitative estimate of drug-likeness (QED) is 0.696. The van der Waals surface area contributed by atoms with E-state index in [9.17, 15) is 0 Å². The molecule has 0 aliphatic rings. The predicted octanol–water partition coefficient (Wildman–Crippen LogP) is 4.50. The second-order valence-corrected chi connectivity index (χ2v) is 6.85. The summed E-state index contributed by atoms with van der Waals surface area (Å²) < 4.78 is 3.34. The first-order valence-corrected chi connectivity index (χ1v) is 9.15. The van der Waals surface area contributed by atoms with Crippen molar-refractivity contribution in [2.24, 2.45) is 0 Å². The number of nitrogens with zero attached hydrogens (tertiary/aromatic N) is 2. The van der Waals surface area contributed by atoms with E-state index in [-0.39, 0.29) is 6.04 Å². The van der Waals surface area contributed by atoms with Crippen LogP contribution in [0.4, 0.5) is 0 Å². The smallest absolute Gasteiger partial charge is 0.126 e. The van der Waals surface area contributed by atoms with E-state index in [1.165, 1.54) is 4.90 Å². The number of nitrogens with one attached hydrogen (secondary N) is 1. The molecule has 0 saturated heterocycles. The third kappa shape index (κ3) is 4.87. The molecule has 3 nitrogen and oxygen atoms in total. The molecule has 0 radical (unpaired) electrons. The lowest BCUT2D eigenvalue weighted by Crippen LogP contribution is -2.27. The summed E-state index contributed by atoms with van der Waals surface area (Å²) in [7, 11) is 0. The van der Waals surface area contributed by atoms with E-state index in [0.717, 1.165) is 35.6 Å². The highest BCUT2D eigenvalue weighted by Crippen LogP contribution is 2.25. The zero-order valence-electron chi connectivity index (χ0n) is 12.6. The first-order chi connectivity index (χ1) is 10.2. The summed E-state index contributed by atoms with van der Waals surface area (Å²) in [4.78, 5) is 5.83. The monoisotopic (exact) mass is 367 g/mol. The number of halogens is 1. The molecule has 21 heavy (non-hydrogen) atoms. The highest BCUT2D eigenvalue weighted by molar-refractivity contribution is 9.10. The van der Waals surface area contributed by atoms with Crippen LogP contribution in [0.15, 0.2) is 46.0 Å². The minimum Gasteiger partial charge on any atom is -0.334 e. The Hall–Kier alpha value is -0.780. The molecule has 1 aromatic carbocycles. The molecule has 0 amide bonds. The van der Waals surface area contributed by atoms with Gasteiger partial charge in [0.05, 0.1) is 6.04 Å². The third-order valence-corrected chi connectivity index (χ3v) is 4.91. The van der Waals surface area contributed by atoms with Crippen LogP contribution in [-0.4, -0.2) is 21.8 Å². The fourth-order valence-electron chi connectivity index (χ4n) is 2.15. The summed E-state index contributed by atoms with van der Waals surface area (Å²) in [6, 6.07) is 8.76. The molecule has 1 aromatic heterocycles. The first-order valence-electron chi connectivity index (χ1n) is 7.37. The van der Waals surface area contributed by atoms with Gasteiger partial charge in [-0.05, 0) is 44.2 Å². The Labute approximate surface area is 139 Å². The maximum Gasteiger partial charge on any atom is 0.126 e. The molecule has 0 fully saturated rings. The summed E-state index contributed by atoms with van der Waals surface area (Å²) >= 11 is 5.34. The van der Waals surface area contributed by atoms with Crippen LogP contribution in [0.25, 0.3) is 0 Å². The van der Waals surface area contributed by atoms with Crippen molar-refractivity contribution in [1.82, 2.24) is 14.9 Å². The summed E-state index contributed by atoms with van der Waals surface area (Å²) in [6.45, 7) is 6.33. The Bertz CT molecular complexity index is 539. The van der Waals surface area contributed by atoms with E-state index in [4.69, 9.17) is 0 Å². The lowest BCUT2D eigenvalue weighted by molar-refractivity contribution is 0.523. The topological polar surface area (TPSA) is 29.9 Å². The minimum absolute atomic E-state index is 0.286. The lowest BCUT2D eigenvalue weighted by atomic mass is 10.3. The van der Waals surface area contributed by atoms with Gasteiger partial charge in [-0.25, -0.2) is 4.98 Å². The molecule has 0 aliphatic heterocycles. The lowest BCUT2D eigenvalue weighted by Gasteiger charge is -2.19. The molecule has 1 N–H and O–H groups in total. The Kier molecular flexibility index (Phi) is 6.80. The number of imidazole rings is 1. The summed E-state index contributed by atoms with van der Waals surface area (Å²) in [6.07, 6.45) is 5.08. The van der Waals surface area contributed by atoms with Crippen LogP contribution in [0.1, 0.15) is 32.1 Å². The van der Waals surface area contributed by atoms with E-state index in [1.807, 2.05) is 18.0 Å². The van der Waals surface area contributed by atoms with Gasteiger partial charge in [0.25, 0.3) is 0 Å². The van der Waals surface area contributed by atoms with Gasteiger partial charge in [0, 0.05) is 34.1 Å². The van der Waals surface area contributed by atoms with Gasteiger partial charge in [-0.15, -0.1) is 11.8 Å². The SMILES string of the molecule is CCCNC(CSc1ccc(Br)cc1)c1nccn1CC. The highest BCUT2D eigenvalue weighted by atomic mass is 79.9. The van der Waals surface area contributed by atoms with E-state index >= 15 is 0 Å². The van der Waals surface area contributed by atoms with Gasteiger partial charge >= 0.3 is 0 Å². The summed E-state index contributed by atoms with van der Waals surface area (Å²) in [5.74, 6) is 2.12. The second kappa shape index (κ2) is 8.61. The molecule has 1 unspecified atom stereocenters. The van der Waals surface area contributed by atoms with E-state index < -0.39 is 0 Å². The van der Waals surface area contributed by atoms with E-state index in [1.54, 1.807) is 0 Å². The van der Waals surface area contributed by atoms with Crippen molar-refractivity contribution in [2.75, 3.05) is 12.3 Å². The molecule has 5 heteroatoms. The van der Waals surface area contributed by atoms with Crippen LogP contribution < -0.4 is 5.32 Å². The van der Waals surface area contributed by atoms with Crippen molar-refractivity contribution in [1.29, 1.82) is 0 Å². The molecule has 2 rings (SSSR count). The zero-order chi connectivity index (χ0) is 15.1. The number of benzene rings is 1. The maximum atomic E-state index is 4.55. The molecule has 0 aliphatic carbocycles. The molecule has 114 valence electrons. The predicted molar refractivity (Wildman–Crippen MR) is 93.8 cm³/mol. The Morgan fingerprint density at radius 1 is 1.29 bits per heavy atom. The highest BCUT2D eigenvalue weighted by Gasteiger charge is 2.16.